The summed E-state index contributed by atoms with van der Waals surface area (Å²) in [4.78, 5) is 33.1. The molecule has 0 radical (unpaired) electrons. The van der Waals surface area contributed by atoms with Crippen molar-refractivity contribution in [3.8, 4) is 5.75 Å². The minimum Gasteiger partial charge on any atom is -0.503 e. The van der Waals surface area contributed by atoms with E-state index in [2.05, 4.69) is 6.58 Å². The Hall–Kier alpha value is -4.49. The van der Waals surface area contributed by atoms with Crippen LogP contribution in [0.2, 0.25) is 0 Å². The smallest absolute Gasteiger partial charge is 0.296 e. The van der Waals surface area contributed by atoms with Crippen LogP contribution < -0.4 is 9.64 Å². The van der Waals surface area contributed by atoms with Crippen molar-refractivity contribution in [3.63, 3.8) is 0 Å². The van der Waals surface area contributed by atoms with E-state index in [4.69, 9.17) is 9.72 Å². The summed E-state index contributed by atoms with van der Waals surface area (Å²) in [6.07, 6.45) is 4.71. The number of hydrogen-bond acceptors (Lipinski definition) is 6. The first-order valence-electron chi connectivity index (χ1n) is 12.1. The highest BCUT2D eigenvalue weighted by Gasteiger charge is 2.45. The zero-order valence-corrected chi connectivity index (χ0v) is 21.9. The summed E-state index contributed by atoms with van der Waals surface area (Å²) in [5.41, 5.74) is 4.37. The molecular weight excluding hydrogens is 496 g/mol. The number of aliphatic hydroxyl groups is 1. The zero-order valence-electron chi connectivity index (χ0n) is 21.0. The van der Waals surface area contributed by atoms with Crippen LogP contribution in [0.4, 0.5) is 5.13 Å². The number of allylic oxidation sites excluding steroid dienone is 1. The number of amides is 1. The second-order valence-corrected chi connectivity index (χ2v) is 10.1. The van der Waals surface area contributed by atoms with Crippen LogP contribution in [0, 0.1) is 13.8 Å². The van der Waals surface area contributed by atoms with Crippen LogP contribution in [-0.2, 0) is 9.59 Å². The summed E-state index contributed by atoms with van der Waals surface area (Å²) in [5.74, 6) is -1.06. The summed E-state index contributed by atoms with van der Waals surface area (Å²) in [6.45, 7) is 8.00. The largest absolute Gasteiger partial charge is 0.503 e. The molecule has 1 unspecified atom stereocenters. The van der Waals surface area contributed by atoms with E-state index in [0.717, 1.165) is 26.9 Å². The molecule has 5 rings (SSSR count). The molecule has 2 heterocycles. The van der Waals surface area contributed by atoms with Gasteiger partial charge in [0.2, 0.25) is 0 Å². The molecule has 0 aliphatic carbocycles. The molecule has 1 amide bonds. The van der Waals surface area contributed by atoms with Gasteiger partial charge in [-0.05, 0) is 60.4 Å². The van der Waals surface area contributed by atoms with Gasteiger partial charge in [-0.3, -0.25) is 14.5 Å². The van der Waals surface area contributed by atoms with E-state index in [0.29, 0.717) is 23.1 Å². The van der Waals surface area contributed by atoms with E-state index in [1.54, 1.807) is 36.4 Å². The van der Waals surface area contributed by atoms with Gasteiger partial charge < -0.3 is 9.84 Å². The van der Waals surface area contributed by atoms with Crippen LogP contribution in [0.5, 0.6) is 5.75 Å². The SMILES string of the molecule is C=CCOc1ccc(C2C(C(=O)C=Cc3ccccc3)=C(O)C(=O)N2c2nc3c(C)cc(C)cc3s2)cc1. The number of aromatic nitrogens is 1. The van der Waals surface area contributed by atoms with E-state index < -0.39 is 23.5 Å². The summed E-state index contributed by atoms with van der Waals surface area (Å²) >= 11 is 1.36. The topological polar surface area (TPSA) is 79.7 Å². The lowest BCUT2D eigenvalue weighted by atomic mass is 9.95. The lowest BCUT2D eigenvalue weighted by molar-refractivity contribution is -0.117. The van der Waals surface area contributed by atoms with Crippen molar-refractivity contribution in [2.75, 3.05) is 11.5 Å². The fourth-order valence-corrected chi connectivity index (χ4v) is 5.73. The fourth-order valence-electron chi connectivity index (χ4n) is 4.56. The van der Waals surface area contributed by atoms with Gasteiger partial charge in [-0.15, -0.1) is 0 Å². The molecule has 4 aromatic rings. The van der Waals surface area contributed by atoms with E-state index in [9.17, 15) is 14.7 Å². The second kappa shape index (κ2) is 10.5. The van der Waals surface area contributed by atoms with Crippen molar-refractivity contribution in [2.45, 2.75) is 19.9 Å². The average molecular weight is 523 g/mol. The zero-order chi connectivity index (χ0) is 26.8. The molecule has 1 aromatic heterocycles. The van der Waals surface area contributed by atoms with Gasteiger partial charge in [0, 0.05) is 0 Å². The van der Waals surface area contributed by atoms with Gasteiger partial charge in [0.25, 0.3) is 5.91 Å². The van der Waals surface area contributed by atoms with Crippen molar-refractivity contribution >= 4 is 44.5 Å². The predicted molar refractivity (Wildman–Crippen MR) is 152 cm³/mol. The minimum absolute atomic E-state index is 0.00843. The number of fused-ring (bicyclic) bond motifs is 1. The Morgan fingerprint density at radius 1 is 1.13 bits per heavy atom. The van der Waals surface area contributed by atoms with Crippen LogP contribution in [0.15, 0.2) is 96.8 Å². The fraction of sp³-hybridized carbons (Fsp3) is 0.129. The Bertz CT molecular complexity index is 1600. The Morgan fingerprint density at radius 3 is 2.58 bits per heavy atom. The molecule has 0 spiro atoms. The Morgan fingerprint density at radius 2 is 1.87 bits per heavy atom. The van der Waals surface area contributed by atoms with Crippen molar-refractivity contribution in [1.29, 1.82) is 0 Å². The van der Waals surface area contributed by atoms with E-state index in [1.807, 2.05) is 56.3 Å². The first kappa shape index (κ1) is 25.2. The van der Waals surface area contributed by atoms with Gasteiger partial charge in [-0.2, -0.15) is 0 Å². The maximum Gasteiger partial charge on any atom is 0.296 e. The number of benzene rings is 3. The standard InChI is InChI=1S/C31H26N2O4S/c1-4-16-37-23-13-11-22(12-14-23)28-26(24(34)15-10-21-8-6-5-7-9-21)29(35)30(36)33(28)31-32-27-20(3)17-19(2)18-25(27)38-31/h4-15,17-18,28,35H,1,16H2,2-3H3. The van der Waals surface area contributed by atoms with Crippen molar-refractivity contribution in [1.82, 2.24) is 4.98 Å². The molecule has 190 valence electrons. The maximum absolute atomic E-state index is 13.5. The number of thiazole rings is 1. The third kappa shape index (κ3) is 4.76. The molecule has 1 N–H and O–H groups in total. The van der Waals surface area contributed by atoms with Crippen LogP contribution in [0.25, 0.3) is 16.3 Å². The third-order valence-corrected chi connectivity index (χ3v) is 7.29. The Labute approximate surface area is 224 Å². The highest BCUT2D eigenvalue weighted by atomic mass is 32.1. The predicted octanol–water partition coefficient (Wildman–Crippen LogP) is 6.66. The summed E-state index contributed by atoms with van der Waals surface area (Å²) in [6, 6.07) is 19.7. The highest BCUT2D eigenvalue weighted by molar-refractivity contribution is 7.22. The van der Waals surface area contributed by atoms with Crippen molar-refractivity contribution in [3.05, 3.63) is 119 Å². The number of ether oxygens (including phenoxy) is 1. The number of hydrogen-bond donors (Lipinski definition) is 1. The summed E-state index contributed by atoms with van der Waals surface area (Å²) in [5, 5.41) is 11.4. The summed E-state index contributed by atoms with van der Waals surface area (Å²) < 4.78 is 6.54. The number of aryl methyl sites for hydroxylation is 2. The number of nitrogens with zero attached hydrogens (tertiary/aromatic N) is 2. The number of ketones is 1. The second-order valence-electron chi connectivity index (χ2n) is 9.04. The minimum atomic E-state index is -0.856. The molecule has 7 heteroatoms. The highest BCUT2D eigenvalue weighted by Crippen LogP contribution is 2.44. The van der Waals surface area contributed by atoms with Crippen LogP contribution >= 0.6 is 11.3 Å². The summed E-state index contributed by atoms with van der Waals surface area (Å²) in [7, 11) is 0. The normalized spacial score (nSPS) is 15.6. The van der Waals surface area contributed by atoms with Crippen molar-refractivity contribution < 1.29 is 19.4 Å². The Kier molecular flexibility index (Phi) is 6.94. The van der Waals surface area contributed by atoms with E-state index >= 15 is 0 Å². The molecule has 0 saturated heterocycles. The molecule has 0 bridgehead atoms. The molecule has 0 saturated carbocycles. The van der Waals surface area contributed by atoms with Gasteiger partial charge in [-0.25, -0.2) is 4.98 Å². The van der Waals surface area contributed by atoms with Gasteiger partial charge in [0.1, 0.15) is 12.4 Å². The Balaban J connectivity index is 1.59. The van der Waals surface area contributed by atoms with Gasteiger partial charge >= 0.3 is 0 Å². The molecule has 0 fully saturated rings. The molecule has 1 atom stereocenters. The number of rotatable bonds is 8. The molecule has 38 heavy (non-hydrogen) atoms. The monoisotopic (exact) mass is 522 g/mol. The molecule has 6 nitrogen and oxygen atoms in total. The molecule has 3 aromatic carbocycles. The number of anilines is 1. The number of carbonyl (C=O) groups excluding carboxylic acids is 2. The van der Waals surface area contributed by atoms with Crippen LogP contribution in [0.1, 0.15) is 28.3 Å². The number of aliphatic hydroxyl groups excluding tert-OH is 1. The third-order valence-electron chi connectivity index (χ3n) is 6.29. The number of carbonyl (C=O) groups is 2. The average Bonchev–Trinajstić information content (AvgIpc) is 3.45. The van der Waals surface area contributed by atoms with Gasteiger partial charge in [-0.1, -0.05) is 78.6 Å². The maximum atomic E-state index is 13.5. The molecule has 1 aliphatic rings. The first-order chi connectivity index (χ1) is 18.4. The van der Waals surface area contributed by atoms with E-state index in [1.165, 1.54) is 22.3 Å². The van der Waals surface area contributed by atoms with Gasteiger partial charge in [0.15, 0.2) is 16.7 Å². The molecular formula is C31H26N2O4S. The first-order valence-corrected chi connectivity index (χ1v) is 12.9. The lowest BCUT2D eigenvalue weighted by Crippen LogP contribution is -2.30. The van der Waals surface area contributed by atoms with E-state index in [-0.39, 0.29) is 5.57 Å². The van der Waals surface area contributed by atoms with Crippen molar-refractivity contribution in [2.24, 2.45) is 0 Å². The lowest BCUT2D eigenvalue weighted by Gasteiger charge is -2.24. The van der Waals surface area contributed by atoms with Crippen LogP contribution in [0.3, 0.4) is 0 Å². The van der Waals surface area contributed by atoms with Gasteiger partial charge in [0.05, 0.1) is 21.8 Å². The quantitative estimate of drug-likeness (QED) is 0.207. The molecule has 1 aliphatic heterocycles. The van der Waals surface area contributed by atoms with Crippen LogP contribution in [-0.4, -0.2) is 28.4 Å².